The molecule has 0 radical (unpaired) electrons. The first kappa shape index (κ1) is 40.3. The number of carboxylic acids is 2. The Morgan fingerprint density at radius 3 is 1.88 bits per heavy atom. The Labute approximate surface area is 322 Å². The van der Waals surface area contributed by atoms with Crippen LogP contribution in [0.3, 0.4) is 0 Å². The fourth-order valence-corrected chi connectivity index (χ4v) is 6.69. The molecule has 4 aromatic carbocycles. The lowest BCUT2D eigenvalue weighted by Crippen LogP contribution is -2.74. The molecule has 6 N–H and O–H groups in total. The highest BCUT2D eigenvalue weighted by molar-refractivity contribution is 6.24. The molecule has 0 spiro atoms. The molecule has 0 aliphatic carbocycles. The van der Waals surface area contributed by atoms with Crippen molar-refractivity contribution in [3.05, 3.63) is 138 Å². The van der Waals surface area contributed by atoms with E-state index in [1.165, 1.54) is 31.2 Å². The predicted molar refractivity (Wildman–Crippen MR) is 204 cm³/mol. The van der Waals surface area contributed by atoms with Crippen LogP contribution in [0.2, 0.25) is 0 Å². The van der Waals surface area contributed by atoms with Gasteiger partial charge in [-0.15, -0.1) is 0 Å². The summed E-state index contributed by atoms with van der Waals surface area (Å²) < 4.78 is 0. The number of imide groups is 1. The summed E-state index contributed by atoms with van der Waals surface area (Å²) >= 11 is 0. The number of carbonyl (C=O) groups is 7. The topological polar surface area (TPSA) is 220 Å². The highest BCUT2D eigenvalue weighted by Crippen LogP contribution is 2.44. The number of hydrogen-bond donors (Lipinski definition) is 5. The first-order valence-electron chi connectivity index (χ1n) is 17.7. The van der Waals surface area contributed by atoms with Crippen LogP contribution in [0.25, 0.3) is 0 Å². The molecule has 15 heteroatoms. The van der Waals surface area contributed by atoms with E-state index in [1.54, 1.807) is 60.7 Å². The summed E-state index contributed by atoms with van der Waals surface area (Å²) in [5.74, 6) is -7.33. The Bertz CT molecular complexity index is 2080. The molecule has 1 aliphatic rings. The molecule has 1 fully saturated rings. The lowest BCUT2D eigenvalue weighted by atomic mass is 9.88. The maximum absolute atomic E-state index is 15.0. The van der Waals surface area contributed by atoms with Gasteiger partial charge >= 0.3 is 24.0 Å². The van der Waals surface area contributed by atoms with Gasteiger partial charge in [0.25, 0.3) is 11.6 Å². The molecule has 0 unspecified atom stereocenters. The molecule has 1 aliphatic heterocycles. The van der Waals surface area contributed by atoms with Gasteiger partial charge < -0.3 is 31.5 Å². The van der Waals surface area contributed by atoms with E-state index < -0.39 is 65.3 Å². The summed E-state index contributed by atoms with van der Waals surface area (Å²) in [5.41, 5.74) is 2.94. The summed E-state index contributed by atoms with van der Waals surface area (Å²) in [5, 5.41) is 26.0. The number of para-hydroxylation sites is 1. The van der Waals surface area contributed by atoms with Gasteiger partial charge in [-0.2, -0.15) is 0 Å². The van der Waals surface area contributed by atoms with Crippen LogP contribution >= 0.6 is 0 Å². The van der Waals surface area contributed by atoms with Crippen LogP contribution in [0.5, 0.6) is 0 Å². The number of ketones is 1. The molecule has 0 saturated carbocycles. The van der Waals surface area contributed by atoms with E-state index in [0.717, 1.165) is 17.4 Å². The van der Waals surface area contributed by atoms with E-state index in [0.29, 0.717) is 29.0 Å². The molecule has 3 atom stereocenters. The second-order valence-electron chi connectivity index (χ2n) is 13.4. The Balaban J connectivity index is 1.54. The van der Waals surface area contributed by atoms with Crippen LogP contribution in [0, 0.1) is 0 Å². The van der Waals surface area contributed by atoms with E-state index in [1.807, 2.05) is 30.3 Å². The molecule has 5 rings (SSSR count). The largest absolute Gasteiger partial charge is 0.481 e. The quantitative estimate of drug-likeness (QED) is 0.0825. The maximum Gasteiger partial charge on any atom is 0.360 e. The second-order valence-corrected chi connectivity index (χ2v) is 13.4. The normalized spacial score (nSPS) is 16.8. The van der Waals surface area contributed by atoms with E-state index in [-0.39, 0.29) is 29.2 Å². The number of nitrogens with zero attached hydrogens (tertiary/aromatic N) is 3. The Morgan fingerprint density at radius 2 is 1.34 bits per heavy atom. The van der Waals surface area contributed by atoms with Gasteiger partial charge in [0.2, 0.25) is 5.91 Å². The monoisotopic (exact) mass is 762 g/mol. The minimum Gasteiger partial charge on any atom is -0.481 e. The van der Waals surface area contributed by atoms with Crippen molar-refractivity contribution in [2.45, 2.75) is 57.0 Å². The summed E-state index contributed by atoms with van der Waals surface area (Å²) in [7, 11) is 0. The third kappa shape index (κ3) is 7.98. The highest BCUT2D eigenvalue weighted by Gasteiger charge is 2.69. The average Bonchev–Trinajstić information content (AvgIpc) is 3.37. The van der Waals surface area contributed by atoms with E-state index in [9.17, 15) is 39.0 Å². The minimum absolute atomic E-state index is 0.109. The lowest BCUT2D eigenvalue weighted by Gasteiger charge is -2.43. The van der Waals surface area contributed by atoms with Crippen molar-refractivity contribution in [3.8, 4) is 0 Å². The van der Waals surface area contributed by atoms with Gasteiger partial charge in [0.1, 0.15) is 5.54 Å². The smallest absolute Gasteiger partial charge is 0.360 e. The van der Waals surface area contributed by atoms with Crippen molar-refractivity contribution in [1.82, 2.24) is 20.4 Å². The number of rotatable bonds is 16. The van der Waals surface area contributed by atoms with Gasteiger partial charge in [-0.25, -0.2) is 19.3 Å². The summed E-state index contributed by atoms with van der Waals surface area (Å²) in [6.45, 7) is 2.51. The van der Waals surface area contributed by atoms with E-state index in [4.69, 9.17) is 5.73 Å². The molecule has 290 valence electrons. The van der Waals surface area contributed by atoms with Crippen LogP contribution < -0.4 is 21.3 Å². The van der Waals surface area contributed by atoms with Gasteiger partial charge in [-0.3, -0.25) is 24.1 Å². The molecule has 15 nitrogen and oxygen atoms in total. The van der Waals surface area contributed by atoms with Gasteiger partial charge in [-0.05, 0) is 54.7 Å². The standard InChI is InChI=1S/C41H42N6O9/c1-27(48)41(37(53)54,46(32-16-10-5-11-17-32)35(51)33(42)24-34(49)50)47-36(52)40(2,45(39(47)56)26-30-14-8-4-9-15-30)31-20-18-29(19-21-31)25-44-38(55)43-23-22-28-12-6-3-7-13-28/h3-21,33H,22-26,42H2,1-2H3,(H,49,50)(H,53,54)(H2,43,44,55)/t33-,40+,41-/m0/s1. The van der Waals surface area contributed by atoms with Crippen molar-refractivity contribution >= 4 is 47.3 Å². The first-order chi connectivity index (χ1) is 26.7. The van der Waals surface area contributed by atoms with Crippen LogP contribution in [0.4, 0.5) is 15.3 Å². The number of anilines is 1. The summed E-state index contributed by atoms with van der Waals surface area (Å²) in [4.78, 5) is 97.4. The van der Waals surface area contributed by atoms with Crippen molar-refractivity contribution in [3.63, 3.8) is 0 Å². The first-order valence-corrected chi connectivity index (χ1v) is 17.7. The van der Waals surface area contributed by atoms with Crippen molar-refractivity contribution in [2.24, 2.45) is 5.73 Å². The minimum atomic E-state index is -3.35. The fourth-order valence-electron chi connectivity index (χ4n) is 6.69. The third-order valence-electron chi connectivity index (χ3n) is 9.66. The number of amides is 6. The molecule has 1 saturated heterocycles. The predicted octanol–water partition coefficient (Wildman–Crippen LogP) is 3.61. The molecule has 0 aromatic heterocycles. The Hall–Kier alpha value is -6.87. The fraction of sp³-hybridized carbons (Fsp3) is 0.244. The van der Waals surface area contributed by atoms with Crippen LogP contribution in [0.1, 0.15) is 42.5 Å². The lowest BCUT2D eigenvalue weighted by molar-refractivity contribution is -0.162. The van der Waals surface area contributed by atoms with Crippen LogP contribution in [-0.4, -0.2) is 79.9 Å². The number of carboxylic acid groups (broad SMARTS) is 2. The number of hydrogen-bond acceptors (Lipinski definition) is 8. The molecular formula is C41H42N6O9. The number of Topliss-reactive ketones (excluding diaryl/α,β-unsaturated/α-hetero) is 1. The SMILES string of the molecule is CC(=O)[C@@](C(=O)O)(N1C(=O)N(Cc2ccccc2)[C@](C)(c2ccc(CNC(=O)NCCc3ccccc3)cc2)C1=O)N(C(=O)[C@@H](N)CC(=O)O)c1ccccc1. The number of carbonyl (C=O) groups excluding carboxylic acids is 5. The van der Waals surface area contributed by atoms with E-state index in [2.05, 4.69) is 10.6 Å². The number of urea groups is 2. The Kier molecular flexibility index (Phi) is 12.3. The summed E-state index contributed by atoms with van der Waals surface area (Å²) in [6, 6.07) is 28.0. The van der Waals surface area contributed by atoms with Gasteiger partial charge in [0, 0.05) is 25.3 Å². The molecule has 1 heterocycles. The van der Waals surface area contributed by atoms with Gasteiger partial charge in [0.15, 0.2) is 5.78 Å². The van der Waals surface area contributed by atoms with Gasteiger partial charge in [-0.1, -0.05) is 103 Å². The van der Waals surface area contributed by atoms with E-state index >= 15 is 4.79 Å². The van der Waals surface area contributed by atoms with Gasteiger partial charge in [0.05, 0.1) is 12.5 Å². The molecule has 0 bridgehead atoms. The number of benzene rings is 4. The molecule has 4 aromatic rings. The number of nitrogens with one attached hydrogen (secondary N) is 2. The highest BCUT2D eigenvalue weighted by atomic mass is 16.4. The zero-order chi connectivity index (χ0) is 40.6. The van der Waals surface area contributed by atoms with Crippen molar-refractivity contribution < 1.29 is 43.8 Å². The summed E-state index contributed by atoms with van der Waals surface area (Å²) in [6.07, 6.45) is -0.309. The molecule has 56 heavy (non-hydrogen) atoms. The number of nitrogens with two attached hydrogens (primary N) is 1. The second kappa shape index (κ2) is 17.1. The zero-order valence-corrected chi connectivity index (χ0v) is 30.8. The van der Waals surface area contributed by atoms with Crippen molar-refractivity contribution in [1.29, 1.82) is 0 Å². The van der Waals surface area contributed by atoms with Crippen molar-refractivity contribution in [2.75, 3.05) is 11.4 Å². The molecule has 6 amide bonds. The number of aliphatic carboxylic acids is 2. The average molecular weight is 763 g/mol. The van der Waals surface area contributed by atoms with Crippen LogP contribution in [0.15, 0.2) is 115 Å². The molecular weight excluding hydrogens is 720 g/mol. The van der Waals surface area contributed by atoms with Crippen LogP contribution in [-0.2, 0) is 49.0 Å². The maximum atomic E-state index is 15.0. The third-order valence-corrected chi connectivity index (χ3v) is 9.66. The zero-order valence-electron chi connectivity index (χ0n) is 30.8. The Morgan fingerprint density at radius 1 is 0.786 bits per heavy atom.